The molecule has 122 valence electrons. The molecule has 23 heavy (non-hydrogen) atoms. The summed E-state index contributed by atoms with van der Waals surface area (Å²) in [6.45, 7) is 0.976. The molecule has 1 atom stereocenters. The number of alkyl halides is 3. The van der Waals surface area contributed by atoms with E-state index in [1.165, 1.54) is 30.6 Å². The molecule has 1 aromatic carbocycles. The van der Waals surface area contributed by atoms with Gasteiger partial charge >= 0.3 is 6.18 Å². The van der Waals surface area contributed by atoms with E-state index in [9.17, 15) is 23.1 Å². The summed E-state index contributed by atoms with van der Waals surface area (Å²) in [5.74, 6) is -0.688. The number of rotatable bonds is 4. The quantitative estimate of drug-likeness (QED) is 0.904. The van der Waals surface area contributed by atoms with Gasteiger partial charge in [-0.25, -0.2) is 9.97 Å². The van der Waals surface area contributed by atoms with Crippen molar-refractivity contribution >= 4 is 5.91 Å². The molecule has 0 saturated heterocycles. The van der Waals surface area contributed by atoms with Crippen molar-refractivity contribution in [3.63, 3.8) is 0 Å². The highest BCUT2D eigenvalue weighted by molar-refractivity contribution is 5.92. The lowest BCUT2D eigenvalue weighted by Gasteiger charge is -2.21. The van der Waals surface area contributed by atoms with Crippen LogP contribution in [0.5, 0.6) is 0 Å². The van der Waals surface area contributed by atoms with Crippen LogP contribution in [0.4, 0.5) is 13.2 Å². The zero-order valence-corrected chi connectivity index (χ0v) is 12.1. The third-order valence-corrected chi connectivity index (χ3v) is 3.17. The van der Waals surface area contributed by atoms with Crippen molar-refractivity contribution in [1.29, 1.82) is 0 Å². The van der Waals surface area contributed by atoms with Gasteiger partial charge in [0.2, 0.25) is 0 Å². The van der Waals surface area contributed by atoms with Gasteiger partial charge in [0.25, 0.3) is 5.91 Å². The van der Waals surface area contributed by atoms with Crippen molar-refractivity contribution in [2.45, 2.75) is 19.1 Å². The number of aromatic nitrogens is 2. The maximum absolute atomic E-state index is 13.0. The molecule has 1 unspecified atom stereocenters. The third kappa shape index (κ3) is 4.04. The molecule has 0 aliphatic carbocycles. The number of aliphatic hydroxyl groups excluding tert-OH is 1. The van der Waals surface area contributed by atoms with E-state index in [-0.39, 0.29) is 11.3 Å². The highest BCUT2D eigenvalue weighted by Crippen LogP contribution is 2.34. The molecule has 0 fully saturated rings. The monoisotopic (exact) mass is 325 g/mol. The summed E-state index contributed by atoms with van der Waals surface area (Å²) in [4.78, 5) is 19.7. The Kier molecular flexibility index (Phi) is 4.95. The number of carbonyl (C=O) groups is 1. The minimum atomic E-state index is -4.58. The Morgan fingerprint density at radius 1 is 1.30 bits per heavy atom. The van der Waals surface area contributed by atoms with Gasteiger partial charge in [-0.3, -0.25) is 4.79 Å². The van der Waals surface area contributed by atoms with E-state index in [0.29, 0.717) is 5.69 Å². The van der Waals surface area contributed by atoms with Gasteiger partial charge in [0.15, 0.2) is 0 Å². The number of hydrogen-bond donors (Lipinski definition) is 2. The molecule has 0 bridgehead atoms. The van der Waals surface area contributed by atoms with Gasteiger partial charge in [-0.15, -0.1) is 0 Å². The third-order valence-electron chi connectivity index (χ3n) is 3.17. The second kappa shape index (κ2) is 6.74. The molecule has 1 aromatic heterocycles. The first kappa shape index (κ1) is 16.9. The molecule has 0 saturated carbocycles. The van der Waals surface area contributed by atoms with Crippen molar-refractivity contribution in [3.05, 3.63) is 59.2 Å². The van der Waals surface area contributed by atoms with Gasteiger partial charge in [-0.2, -0.15) is 13.2 Å². The van der Waals surface area contributed by atoms with E-state index in [2.05, 4.69) is 15.3 Å². The standard InChI is InChI=1S/C15H14F3N3O2/c1-9-6-12(20-8-19-9)14(23)21-13(7-22)10-4-2-3-5-11(10)15(16,17)18/h2-6,8,13,22H,7H2,1H3,(H,21,23). The van der Waals surface area contributed by atoms with Crippen LogP contribution >= 0.6 is 0 Å². The summed E-state index contributed by atoms with van der Waals surface area (Å²) in [6, 6.07) is 4.98. The Morgan fingerprint density at radius 3 is 2.61 bits per heavy atom. The summed E-state index contributed by atoms with van der Waals surface area (Å²) in [5.41, 5.74) is -0.554. The van der Waals surface area contributed by atoms with Crippen molar-refractivity contribution < 1.29 is 23.1 Å². The highest BCUT2D eigenvalue weighted by atomic mass is 19.4. The predicted octanol–water partition coefficient (Wildman–Crippen LogP) is 2.27. The number of halogens is 3. The Hall–Kier alpha value is -2.48. The van der Waals surface area contributed by atoms with E-state index < -0.39 is 30.3 Å². The number of amides is 1. The number of aryl methyl sites for hydroxylation is 1. The largest absolute Gasteiger partial charge is 0.416 e. The SMILES string of the molecule is Cc1cc(C(=O)NC(CO)c2ccccc2C(F)(F)F)ncn1. The lowest BCUT2D eigenvalue weighted by Crippen LogP contribution is -2.32. The van der Waals surface area contributed by atoms with Crippen molar-refractivity contribution in [3.8, 4) is 0 Å². The Balaban J connectivity index is 2.29. The molecule has 2 N–H and O–H groups in total. The summed E-state index contributed by atoms with van der Waals surface area (Å²) in [5, 5.41) is 11.8. The molecule has 0 radical (unpaired) electrons. The zero-order valence-electron chi connectivity index (χ0n) is 12.1. The average Bonchev–Trinajstić information content (AvgIpc) is 2.51. The number of aliphatic hydroxyl groups is 1. The highest BCUT2D eigenvalue weighted by Gasteiger charge is 2.35. The topological polar surface area (TPSA) is 75.1 Å². The van der Waals surface area contributed by atoms with E-state index in [1.54, 1.807) is 6.92 Å². The Morgan fingerprint density at radius 2 is 2.00 bits per heavy atom. The molecule has 1 heterocycles. The van der Waals surface area contributed by atoms with E-state index in [0.717, 1.165) is 6.07 Å². The minimum Gasteiger partial charge on any atom is -0.394 e. The molecular weight excluding hydrogens is 311 g/mol. The minimum absolute atomic E-state index is 0.0143. The summed E-state index contributed by atoms with van der Waals surface area (Å²) < 4.78 is 39.1. The van der Waals surface area contributed by atoms with E-state index in [4.69, 9.17) is 0 Å². The lowest BCUT2D eigenvalue weighted by atomic mass is 10.00. The lowest BCUT2D eigenvalue weighted by molar-refractivity contribution is -0.138. The maximum atomic E-state index is 13.0. The van der Waals surface area contributed by atoms with Crippen molar-refractivity contribution in [2.75, 3.05) is 6.61 Å². The Labute approximate surface area is 130 Å². The fraction of sp³-hybridized carbons (Fsp3) is 0.267. The number of hydrogen-bond acceptors (Lipinski definition) is 4. The van der Waals surface area contributed by atoms with Crippen molar-refractivity contribution in [1.82, 2.24) is 15.3 Å². The molecule has 0 aliphatic heterocycles. The van der Waals surface area contributed by atoms with E-state index >= 15 is 0 Å². The van der Waals surface area contributed by atoms with Crippen LogP contribution in [0.15, 0.2) is 36.7 Å². The van der Waals surface area contributed by atoms with Crippen molar-refractivity contribution in [2.24, 2.45) is 0 Å². The van der Waals surface area contributed by atoms with Gasteiger partial charge in [0.1, 0.15) is 12.0 Å². The van der Waals surface area contributed by atoms with Crippen LogP contribution in [0.25, 0.3) is 0 Å². The average molecular weight is 325 g/mol. The maximum Gasteiger partial charge on any atom is 0.416 e. The van der Waals surface area contributed by atoms with Gasteiger partial charge < -0.3 is 10.4 Å². The van der Waals surface area contributed by atoms with Crippen LogP contribution in [0, 0.1) is 6.92 Å². The zero-order chi connectivity index (χ0) is 17.0. The van der Waals surface area contributed by atoms with Crippen LogP contribution < -0.4 is 5.32 Å². The number of nitrogens with zero attached hydrogens (tertiary/aromatic N) is 2. The van der Waals surface area contributed by atoms with Crippen LogP contribution in [0.2, 0.25) is 0 Å². The number of benzene rings is 1. The Bertz CT molecular complexity index is 704. The summed E-state index contributed by atoms with van der Waals surface area (Å²) >= 11 is 0. The van der Waals surface area contributed by atoms with Gasteiger partial charge in [0.05, 0.1) is 18.2 Å². The van der Waals surface area contributed by atoms with Crippen LogP contribution in [0.1, 0.15) is 33.4 Å². The first-order valence-electron chi connectivity index (χ1n) is 6.69. The molecule has 0 aliphatic rings. The van der Waals surface area contributed by atoms with Crippen LogP contribution in [-0.4, -0.2) is 27.6 Å². The first-order valence-corrected chi connectivity index (χ1v) is 6.69. The smallest absolute Gasteiger partial charge is 0.394 e. The molecule has 1 amide bonds. The van der Waals surface area contributed by atoms with Crippen LogP contribution in [0.3, 0.4) is 0 Å². The molecule has 2 aromatic rings. The summed E-state index contributed by atoms with van der Waals surface area (Å²) in [6.07, 6.45) is -3.40. The van der Waals surface area contributed by atoms with Gasteiger partial charge in [-0.1, -0.05) is 18.2 Å². The van der Waals surface area contributed by atoms with Gasteiger partial charge in [-0.05, 0) is 24.6 Å². The second-order valence-electron chi connectivity index (χ2n) is 4.84. The predicted molar refractivity (Wildman–Crippen MR) is 75.5 cm³/mol. The fourth-order valence-electron chi connectivity index (χ4n) is 2.09. The van der Waals surface area contributed by atoms with Crippen LogP contribution in [-0.2, 0) is 6.18 Å². The molecular formula is C15H14F3N3O2. The fourth-order valence-corrected chi connectivity index (χ4v) is 2.09. The summed E-state index contributed by atoms with van der Waals surface area (Å²) in [7, 11) is 0. The normalized spacial score (nSPS) is 12.7. The molecule has 2 rings (SSSR count). The second-order valence-corrected chi connectivity index (χ2v) is 4.84. The molecule has 8 heteroatoms. The van der Waals surface area contributed by atoms with E-state index in [1.807, 2.05) is 0 Å². The van der Waals surface area contributed by atoms with Gasteiger partial charge in [0, 0.05) is 5.69 Å². The molecule has 5 nitrogen and oxygen atoms in total. The number of nitrogens with one attached hydrogen (secondary N) is 1. The number of carbonyl (C=O) groups excluding carboxylic acids is 1. The first-order chi connectivity index (χ1) is 10.8. The molecule has 0 spiro atoms.